The summed E-state index contributed by atoms with van der Waals surface area (Å²) in [5.74, 6) is 1.73. The maximum atomic E-state index is 4.50. The van der Waals surface area contributed by atoms with Crippen molar-refractivity contribution in [2.45, 2.75) is 59.0 Å². The van der Waals surface area contributed by atoms with Gasteiger partial charge in [-0.05, 0) is 43.6 Å². The first kappa shape index (κ1) is 13.6. The van der Waals surface area contributed by atoms with Gasteiger partial charge < -0.3 is 5.32 Å². The molecule has 0 aliphatic heterocycles. The Balaban J connectivity index is 1.88. The molecule has 102 valence electrons. The summed E-state index contributed by atoms with van der Waals surface area (Å²) in [6.45, 7) is 7.87. The van der Waals surface area contributed by atoms with Crippen molar-refractivity contribution in [2.75, 3.05) is 0 Å². The zero-order valence-corrected chi connectivity index (χ0v) is 12.2. The van der Waals surface area contributed by atoms with Gasteiger partial charge in [0.15, 0.2) is 0 Å². The molecule has 0 spiro atoms. The molecule has 2 atom stereocenters. The van der Waals surface area contributed by atoms with Gasteiger partial charge in [-0.2, -0.15) is 5.10 Å². The van der Waals surface area contributed by atoms with E-state index in [1.807, 2.05) is 11.7 Å². The number of nitrogens with zero attached hydrogens (tertiary/aromatic N) is 2. The molecular weight excluding hydrogens is 222 g/mol. The first-order valence-corrected chi connectivity index (χ1v) is 7.33. The highest BCUT2D eigenvalue weighted by Crippen LogP contribution is 2.28. The fourth-order valence-electron chi connectivity index (χ4n) is 3.27. The molecule has 3 heteroatoms. The number of hydrogen-bond acceptors (Lipinski definition) is 2. The van der Waals surface area contributed by atoms with Crippen LogP contribution in [0.5, 0.6) is 0 Å². The molecule has 3 nitrogen and oxygen atoms in total. The minimum absolute atomic E-state index is 0.684. The van der Waals surface area contributed by atoms with E-state index in [4.69, 9.17) is 0 Å². The van der Waals surface area contributed by atoms with Gasteiger partial charge >= 0.3 is 0 Å². The molecule has 1 fully saturated rings. The summed E-state index contributed by atoms with van der Waals surface area (Å²) in [6, 6.07) is 2.91. The minimum Gasteiger partial charge on any atom is -0.308 e. The van der Waals surface area contributed by atoms with Gasteiger partial charge in [0.1, 0.15) is 0 Å². The van der Waals surface area contributed by atoms with Crippen molar-refractivity contribution in [3.8, 4) is 0 Å². The molecule has 0 aromatic carbocycles. The predicted octanol–water partition coefficient (Wildman–Crippen LogP) is 2.90. The standard InChI is InChI=1S/C15H27N3/c1-5-13-9-15(18(4)17-13)10-16-14-7-11(2)6-12(3)8-14/h9,11-12,14,16H,5-8,10H2,1-4H3. The topological polar surface area (TPSA) is 29.9 Å². The summed E-state index contributed by atoms with van der Waals surface area (Å²) in [4.78, 5) is 0. The fourth-order valence-corrected chi connectivity index (χ4v) is 3.27. The highest BCUT2D eigenvalue weighted by atomic mass is 15.3. The van der Waals surface area contributed by atoms with Crippen LogP contribution in [0, 0.1) is 11.8 Å². The quantitative estimate of drug-likeness (QED) is 0.889. The second-order valence-electron chi connectivity index (χ2n) is 6.10. The molecule has 0 radical (unpaired) electrons. The van der Waals surface area contributed by atoms with Crippen molar-refractivity contribution < 1.29 is 0 Å². The van der Waals surface area contributed by atoms with Gasteiger partial charge in [-0.15, -0.1) is 0 Å². The van der Waals surface area contributed by atoms with E-state index in [-0.39, 0.29) is 0 Å². The second-order valence-corrected chi connectivity index (χ2v) is 6.10. The summed E-state index contributed by atoms with van der Waals surface area (Å²) in [6.07, 6.45) is 5.06. The SMILES string of the molecule is CCc1cc(CNC2CC(C)CC(C)C2)n(C)n1. The molecule has 2 unspecified atom stereocenters. The number of rotatable bonds is 4. The smallest absolute Gasteiger partial charge is 0.0625 e. The van der Waals surface area contributed by atoms with E-state index >= 15 is 0 Å². The zero-order chi connectivity index (χ0) is 13.1. The highest BCUT2D eigenvalue weighted by Gasteiger charge is 2.23. The molecule has 1 aromatic heterocycles. The molecule has 1 aromatic rings. The molecule has 0 saturated heterocycles. The van der Waals surface area contributed by atoms with E-state index in [0.29, 0.717) is 6.04 Å². The monoisotopic (exact) mass is 249 g/mol. The number of aromatic nitrogens is 2. The third-order valence-electron chi connectivity index (χ3n) is 4.14. The first-order chi connectivity index (χ1) is 8.58. The van der Waals surface area contributed by atoms with E-state index in [0.717, 1.165) is 24.8 Å². The largest absolute Gasteiger partial charge is 0.308 e. The average Bonchev–Trinajstić information content (AvgIpc) is 2.66. The van der Waals surface area contributed by atoms with Gasteiger partial charge in [0.2, 0.25) is 0 Å². The maximum Gasteiger partial charge on any atom is 0.0625 e. The third-order valence-corrected chi connectivity index (χ3v) is 4.14. The molecule has 1 N–H and O–H groups in total. The molecule has 2 rings (SSSR count). The van der Waals surface area contributed by atoms with E-state index in [1.165, 1.54) is 30.7 Å². The summed E-state index contributed by atoms with van der Waals surface area (Å²) in [5.41, 5.74) is 2.50. The van der Waals surface area contributed by atoms with Crippen molar-refractivity contribution in [1.29, 1.82) is 0 Å². The van der Waals surface area contributed by atoms with Crippen molar-refractivity contribution in [3.63, 3.8) is 0 Å². The van der Waals surface area contributed by atoms with E-state index in [9.17, 15) is 0 Å². The molecule has 1 aliphatic carbocycles. The second kappa shape index (κ2) is 5.87. The van der Waals surface area contributed by atoms with Crippen molar-refractivity contribution in [1.82, 2.24) is 15.1 Å². The van der Waals surface area contributed by atoms with Gasteiger partial charge in [0.25, 0.3) is 0 Å². The summed E-state index contributed by atoms with van der Waals surface area (Å²) in [5, 5.41) is 8.22. The van der Waals surface area contributed by atoms with Crippen molar-refractivity contribution >= 4 is 0 Å². The lowest BCUT2D eigenvalue weighted by Gasteiger charge is -2.32. The van der Waals surface area contributed by atoms with Gasteiger partial charge in [-0.25, -0.2) is 0 Å². The Bertz CT molecular complexity index is 373. The van der Waals surface area contributed by atoms with Gasteiger partial charge in [-0.3, -0.25) is 4.68 Å². The van der Waals surface area contributed by atoms with Crippen LogP contribution < -0.4 is 5.32 Å². The Morgan fingerprint density at radius 2 is 1.94 bits per heavy atom. The fraction of sp³-hybridized carbons (Fsp3) is 0.800. The Labute approximate surface area is 111 Å². The van der Waals surface area contributed by atoms with Crippen molar-refractivity contribution in [3.05, 3.63) is 17.5 Å². The molecule has 0 amide bonds. The Kier molecular flexibility index (Phi) is 4.44. The van der Waals surface area contributed by atoms with Gasteiger partial charge in [-0.1, -0.05) is 20.8 Å². The molecular formula is C15H27N3. The van der Waals surface area contributed by atoms with E-state index < -0.39 is 0 Å². The van der Waals surface area contributed by atoms with Crippen LogP contribution in [0.25, 0.3) is 0 Å². The lowest BCUT2D eigenvalue weighted by atomic mass is 9.80. The minimum atomic E-state index is 0.684. The first-order valence-electron chi connectivity index (χ1n) is 7.33. The zero-order valence-electron chi connectivity index (χ0n) is 12.2. The van der Waals surface area contributed by atoms with E-state index in [2.05, 4.69) is 37.3 Å². The molecule has 1 saturated carbocycles. The molecule has 1 heterocycles. The number of aryl methyl sites for hydroxylation is 2. The third kappa shape index (κ3) is 3.35. The van der Waals surface area contributed by atoms with Crippen LogP contribution in [0.15, 0.2) is 6.07 Å². The summed E-state index contributed by atoms with van der Waals surface area (Å²) >= 11 is 0. The van der Waals surface area contributed by atoms with Crippen LogP contribution in [0.1, 0.15) is 51.4 Å². The Hall–Kier alpha value is -0.830. The lowest BCUT2D eigenvalue weighted by molar-refractivity contribution is 0.237. The average molecular weight is 249 g/mol. The van der Waals surface area contributed by atoms with Crippen molar-refractivity contribution in [2.24, 2.45) is 18.9 Å². The summed E-state index contributed by atoms with van der Waals surface area (Å²) in [7, 11) is 2.04. The van der Waals surface area contributed by atoms with Gasteiger partial charge in [0, 0.05) is 19.6 Å². The molecule has 0 bridgehead atoms. The van der Waals surface area contributed by atoms with Crippen LogP contribution in [0.4, 0.5) is 0 Å². The normalized spacial score (nSPS) is 28.6. The van der Waals surface area contributed by atoms with Crippen LogP contribution in [0.3, 0.4) is 0 Å². The Morgan fingerprint density at radius 3 is 2.50 bits per heavy atom. The maximum absolute atomic E-state index is 4.50. The molecule has 18 heavy (non-hydrogen) atoms. The number of hydrogen-bond donors (Lipinski definition) is 1. The van der Waals surface area contributed by atoms with Crippen LogP contribution in [-0.2, 0) is 20.0 Å². The highest BCUT2D eigenvalue weighted by molar-refractivity contribution is 5.10. The van der Waals surface area contributed by atoms with Crippen LogP contribution >= 0.6 is 0 Å². The Morgan fingerprint density at radius 1 is 1.28 bits per heavy atom. The van der Waals surface area contributed by atoms with E-state index in [1.54, 1.807) is 0 Å². The van der Waals surface area contributed by atoms with Crippen LogP contribution in [0.2, 0.25) is 0 Å². The number of nitrogens with one attached hydrogen (secondary N) is 1. The van der Waals surface area contributed by atoms with Crippen LogP contribution in [-0.4, -0.2) is 15.8 Å². The molecule has 1 aliphatic rings. The lowest BCUT2D eigenvalue weighted by Crippen LogP contribution is -2.36. The predicted molar refractivity (Wildman–Crippen MR) is 75.4 cm³/mol. The van der Waals surface area contributed by atoms with Gasteiger partial charge in [0.05, 0.1) is 11.4 Å². The summed E-state index contributed by atoms with van der Waals surface area (Å²) < 4.78 is 2.02.